The summed E-state index contributed by atoms with van der Waals surface area (Å²) in [5, 5.41) is 3.50. The van der Waals surface area contributed by atoms with Crippen LogP contribution in [0, 0.1) is 11.8 Å². The molecule has 0 radical (unpaired) electrons. The van der Waals surface area contributed by atoms with Crippen molar-refractivity contribution in [1.29, 1.82) is 0 Å². The molecule has 1 unspecified atom stereocenters. The molecule has 1 atom stereocenters. The second-order valence-electron chi connectivity index (χ2n) is 6.24. The Hall–Kier alpha value is -0.0800. The van der Waals surface area contributed by atoms with Crippen LogP contribution in [0.15, 0.2) is 0 Å². The zero-order chi connectivity index (χ0) is 12.7. The van der Waals surface area contributed by atoms with Gasteiger partial charge in [0.1, 0.15) is 0 Å². The maximum atomic E-state index is 3.50. The van der Waals surface area contributed by atoms with E-state index >= 15 is 0 Å². The van der Waals surface area contributed by atoms with E-state index < -0.39 is 0 Å². The smallest absolute Gasteiger partial charge is 0.00103 e. The van der Waals surface area contributed by atoms with Crippen molar-refractivity contribution in [3.05, 3.63) is 0 Å². The number of rotatable bonds is 6. The third-order valence-corrected chi connectivity index (χ3v) is 4.01. The Morgan fingerprint density at radius 3 is 2.53 bits per heavy atom. The lowest BCUT2D eigenvalue weighted by Gasteiger charge is -2.21. The average molecular weight is 240 g/mol. The van der Waals surface area contributed by atoms with Gasteiger partial charge in [-0.05, 0) is 63.7 Å². The molecule has 17 heavy (non-hydrogen) atoms. The van der Waals surface area contributed by atoms with Gasteiger partial charge in [-0.15, -0.1) is 0 Å². The van der Waals surface area contributed by atoms with Crippen molar-refractivity contribution in [1.82, 2.24) is 10.2 Å². The lowest BCUT2D eigenvalue weighted by molar-refractivity contribution is 0.267. The van der Waals surface area contributed by atoms with E-state index in [-0.39, 0.29) is 0 Å². The highest BCUT2D eigenvalue weighted by atomic mass is 15.1. The molecular formula is C15H32N2. The molecule has 1 N–H and O–H groups in total. The van der Waals surface area contributed by atoms with Crippen molar-refractivity contribution >= 4 is 0 Å². The van der Waals surface area contributed by atoms with Gasteiger partial charge in [0.15, 0.2) is 0 Å². The van der Waals surface area contributed by atoms with E-state index in [1.54, 1.807) is 0 Å². The van der Waals surface area contributed by atoms with Crippen LogP contribution in [0.25, 0.3) is 0 Å². The summed E-state index contributed by atoms with van der Waals surface area (Å²) in [6, 6.07) is 0.629. The molecule has 0 aromatic heterocycles. The van der Waals surface area contributed by atoms with Gasteiger partial charge in [-0.25, -0.2) is 0 Å². The Balaban J connectivity index is 2.14. The molecule has 2 heteroatoms. The van der Waals surface area contributed by atoms with Crippen LogP contribution < -0.4 is 5.32 Å². The number of hydrogen-bond donors (Lipinski definition) is 1. The van der Waals surface area contributed by atoms with Gasteiger partial charge in [0.25, 0.3) is 0 Å². The van der Waals surface area contributed by atoms with Crippen molar-refractivity contribution < 1.29 is 0 Å². The van der Waals surface area contributed by atoms with E-state index in [0.29, 0.717) is 6.04 Å². The van der Waals surface area contributed by atoms with Crippen LogP contribution in [-0.2, 0) is 0 Å². The number of likely N-dealkylation sites (tertiary alicyclic amines) is 1. The molecule has 2 nitrogen and oxygen atoms in total. The normalized spacial score (nSPS) is 23.3. The summed E-state index contributed by atoms with van der Waals surface area (Å²) in [5.74, 6) is 1.84. The number of hydrogen-bond acceptors (Lipinski definition) is 2. The molecule has 1 rings (SSSR count). The van der Waals surface area contributed by atoms with E-state index in [9.17, 15) is 0 Å². The zero-order valence-electron chi connectivity index (χ0n) is 12.3. The van der Waals surface area contributed by atoms with Gasteiger partial charge in [0.05, 0.1) is 0 Å². The Kier molecular flexibility index (Phi) is 7.14. The summed E-state index contributed by atoms with van der Waals surface area (Å²) in [7, 11) is 0. The summed E-state index contributed by atoms with van der Waals surface area (Å²) in [4.78, 5) is 2.67. The first-order valence-electron chi connectivity index (χ1n) is 7.55. The fraction of sp³-hybridized carbons (Fsp3) is 1.00. The fourth-order valence-corrected chi connectivity index (χ4v) is 2.77. The Labute approximate surface area is 108 Å². The molecule has 0 aromatic rings. The van der Waals surface area contributed by atoms with Gasteiger partial charge < -0.3 is 10.2 Å². The highest BCUT2D eigenvalue weighted by Crippen LogP contribution is 2.24. The quantitative estimate of drug-likeness (QED) is 0.718. The predicted octanol–water partition coefficient (Wildman–Crippen LogP) is 3.13. The molecule has 0 amide bonds. The molecule has 0 aliphatic carbocycles. The van der Waals surface area contributed by atoms with Crippen LogP contribution in [-0.4, -0.2) is 37.1 Å². The average Bonchev–Trinajstić information content (AvgIpc) is 2.49. The minimum Gasteiger partial charge on any atom is -0.314 e. The molecule has 1 aliphatic rings. The van der Waals surface area contributed by atoms with E-state index in [2.05, 4.69) is 37.9 Å². The van der Waals surface area contributed by atoms with Crippen LogP contribution in [0.2, 0.25) is 0 Å². The largest absolute Gasteiger partial charge is 0.314 e. The molecule has 1 aliphatic heterocycles. The molecule has 1 heterocycles. The second-order valence-corrected chi connectivity index (χ2v) is 6.24. The first-order chi connectivity index (χ1) is 8.09. The van der Waals surface area contributed by atoms with E-state index in [4.69, 9.17) is 0 Å². The monoisotopic (exact) mass is 240 g/mol. The van der Waals surface area contributed by atoms with Crippen LogP contribution in [0.1, 0.15) is 53.4 Å². The minimum atomic E-state index is 0.629. The van der Waals surface area contributed by atoms with Crippen molar-refractivity contribution in [2.45, 2.75) is 59.4 Å². The molecule has 0 spiro atoms. The maximum Gasteiger partial charge on any atom is 0.00103 e. The van der Waals surface area contributed by atoms with Crippen LogP contribution in [0.5, 0.6) is 0 Å². The van der Waals surface area contributed by atoms with E-state index in [0.717, 1.165) is 11.8 Å². The molecule has 102 valence electrons. The van der Waals surface area contributed by atoms with Crippen LogP contribution in [0.4, 0.5) is 0 Å². The van der Waals surface area contributed by atoms with Gasteiger partial charge >= 0.3 is 0 Å². The third kappa shape index (κ3) is 6.42. The Morgan fingerprint density at radius 1 is 1.12 bits per heavy atom. The zero-order valence-corrected chi connectivity index (χ0v) is 12.3. The van der Waals surface area contributed by atoms with E-state index in [1.165, 1.54) is 51.9 Å². The summed E-state index contributed by atoms with van der Waals surface area (Å²) < 4.78 is 0. The highest BCUT2D eigenvalue weighted by molar-refractivity contribution is 4.72. The molecule has 0 saturated carbocycles. The van der Waals surface area contributed by atoms with Gasteiger partial charge in [0, 0.05) is 6.04 Å². The lowest BCUT2D eigenvalue weighted by atomic mass is 9.89. The summed E-state index contributed by atoms with van der Waals surface area (Å²) >= 11 is 0. The van der Waals surface area contributed by atoms with E-state index in [1.807, 2.05) is 0 Å². The molecule has 1 saturated heterocycles. The van der Waals surface area contributed by atoms with Gasteiger partial charge in [-0.3, -0.25) is 0 Å². The Bertz CT molecular complexity index is 189. The molecule has 1 fully saturated rings. The molecule has 0 aromatic carbocycles. The molecule has 0 bridgehead atoms. The Morgan fingerprint density at radius 2 is 1.88 bits per heavy atom. The predicted molar refractivity (Wildman–Crippen MR) is 76.4 cm³/mol. The topological polar surface area (TPSA) is 15.3 Å². The second kappa shape index (κ2) is 8.10. The number of nitrogens with one attached hydrogen (secondary N) is 1. The maximum absolute atomic E-state index is 3.50. The lowest BCUT2D eigenvalue weighted by Crippen LogP contribution is -2.30. The third-order valence-electron chi connectivity index (χ3n) is 4.01. The van der Waals surface area contributed by atoms with Crippen molar-refractivity contribution in [3.8, 4) is 0 Å². The van der Waals surface area contributed by atoms with Gasteiger partial charge in [0.2, 0.25) is 0 Å². The summed E-state index contributed by atoms with van der Waals surface area (Å²) in [6.07, 6.45) is 5.55. The van der Waals surface area contributed by atoms with Gasteiger partial charge in [-0.2, -0.15) is 0 Å². The summed E-state index contributed by atoms with van der Waals surface area (Å²) in [6.45, 7) is 14.3. The SMILES string of the molecule is CC(C)NCCCN1CCCC(C(C)C)CC1. The van der Waals surface area contributed by atoms with Crippen molar-refractivity contribution in [2.75, 3.05) is 26.2 Å². The number of nitrogens with zero attached hydrogens (tertiary/aromatic N) is 1. The highest BCUT2D eigenvalue weighted by Gasteiger charge is 2.18. The van der Waals surface area contributed by atoms with Gasteiger partial charge in [-0.1, -0.05) is 27.7 Å². The summed E-state index contributed by atoms with van der Waals surface area (Å²) in [5.41, 5.74) is 0. The standard InChI is InChI=1S/C15H32N2/c1-13(2)15-7-5-10-17(12-8-15)11-6-9-16-14(3)4/h13-16H,5-12H2,1-4H3. The first kappa shape index (κ1) is 15.0. The first-order valence-corrected chi connectivity index (χ1v) is 7.55. The van der Waals surface area contributed by atoms with Crippen molar-refractivity contribution in [3.63, 3.8) is 0 Å². The molecular weight excluding hydrogens is 208 g/mol. The van der Waals surface area contributed by atoms with Crippen molar-refractivity contribution in [2.24, 2.45) is 11.8 Å². The van der Waals surface area contributed by atoms with Crippen LogP contribution >= 0.6 is 0 Å². The van der Waals surface area contributed by atoms with Crippen LogP contribution in [0.3, 0.4) is 0 Å². The fourth-order valence-electron chi connectivity index (χ4n) is 2.77. The minimum absolute atomic E-state index is 0.629.